The van der Waals surface area contributed by atoms with Crippen LogP contribution in [0.3, 0.4) is 0 Å². The summed E-state index contributed by atoms with van der Waals surface area (Å²) in [6.45, 7) is 4.49. The molecule has 6 heteroatoms. The smallest absolute Gasteiger partial charge is 0.257 e. The van der Waals surface area contributed by atoms with E-state index in [4.69, 9.17) is 11.6 Å². The minimum Gasteiger partial charge on any atom is -0.334 e. The highest BCUT2D eigenvalue weighted by molar-refractivity contribution is 6.32. The Labute approximate surface area is 123 Å². The Balaban J connectivity index is 2.27. The van der Waals surface area contributed by atoms with Crippen LogP contribution in [0.4, 0.5) is 4.39 Å². The predicted octanol–water partition coefficient (Wildman–Crippen LogP) is 2.43. The maximum absolute atomic E-state index is 13.3. The molecule has 2 rings (SSSR count). The average Bonchev–Trinajstić information content (AvgIpc) is 2.62. The van der Waals surface area contributed by atoms with Crippen LogP contribution in [0.2, 0.25) is 5.15 Å². The topological polar surface area (TPSA) is 36.4 Å². The van der Waals surface area contributed by atoms with Crippen molar-refractivity contribution in [2.45, 2.75) is 25.8 Å². The number of likely N-dealkylation sites (N-methyl/N-ethyl adjacent to an activating group) is 1. The standard InChI is InChI=1S/C14H19ClFN3O/c1-3-11-9-18(2)5-4-6-19(11)14(20)12-7-10(16)8-17-13(12)15/h7-8,11H,3-6,9H2,1-2H3. The van der Waals surface area contributed by atoms with Crippen LogP contribution < -0.4 is 0 Å². The summed E-state index contributed by atoms with van der Waals surface area (Å²) in [5.41, 5.74) is 0.148. The molecule has 1 aromatic rings. The van der Waals surface area contributed by atoms with Gasteiger partial charge in [0.15, 0.2) is 0 Å². The lowest BCUT2D eigenvalue weighted by Crippen LogP contribution is -2.43. The van der Waals surface area contributed by atoms with Crippen LogP contribution in [0.5, 0.6) is 0 Å². The van der Waals surface area contributed by atoms with Crippen molar-refractivity contribution >= 4 is 17.5 Å². The fraction of sp³-hybridized carbons (Fsp3) is 0.571. The first-order valence-electron chi connectivity index (χ1n) is 6.83. The van der Waals surface area contributed by atoms with Gasteiger partial charge in [-0.05, 0) is 32.5 Å². The van der Waals surface area contributed by atoms with Gasteiger partial charge in [-0.25, -0.2) is 9.37 Å². The van der Waals surface area contributed by atoms with E-state index in [9.17, 15) is 9.18 Å². The monoisotopic (exact) mass is 299 g/mol. The third kappa shape index (κ3) is 3.27. The normalized spacial score (nSPS) is 20.8. The second-order valence-electron chi connectivity index (χ2n) is 5.17. The van der Waals surface area contributed by atoms with E-state index in [1.54, 1.807) is 4.90 Å². The van der Waals surface area contributed by atoms with Crippen molar-refractivity contribution in [1.29, 1.82) is 0 Å². The first-order valence-corrected chi connectivity index (χ1v) is 7.21. The Morgan fingerprint density at radius 1 is 1.55 bits per heavy atom. The Morgan fingerprint density at radius 2 is 2.30 bits per heavy atom. The van der Waals surface area contributed by atoms with E-state index in [-0.39, 0.29) is 22.7 Å². The molecule has 1 atom stereocenters. The molecule has 0 spiro atoms. The number of rotatable bonds is 2. The number of hydrogen-bond donors (Lipinski definition) is 0. The molecule has 2 heterocycles. The van der Waals surface area contributed by atoms with Crippen LogP contribution in [0.25, 0.3) is 0 Å². The molecule has 0 bridgehead atoms. The minimum absolute atomic E-state index is 0.0591. The molecule has 1 fully saturated rings. The fourth-order valence-corrected chi connectivity index (χ4v) is 2.77. The van der Waals surface area contributed by atoms with Crippen LogP contribution in [-0.2, 0) is 0 Å². The average molecular weight is 300 g/mol. The Hall–Kier alpha value is -1.20. The van der Waals surface area contributed by atoms with Gasteiger partial charge in [-0.15, -0.1) is 0 Å². The molecule has 1 unspecified atom stereocenters. The first kappa shape index (κ1) is 15.2. The third-order valence-corrected chi connectivity index (χ3v) is 3.97. The van der Waals surface area contributed by atoms with Crippen molar-refractivity contribution in [3.63, 3.8) is 0 Å². The van der Waals surface area contributed by atoms with Crippen LogP contribution in [-0.4, -0.2) is 53.4 Å². The largest absolute Gasteiger partial charge is 0.334 e. The van der Waals surface area contributed by atoms with Crippen molar-refractivity contribution in [3.8, 4) is 0 Å². The molecule has 0 aliphatic carbocycles. The summed E-state index contributed by atoms with van der Waals surface area (Å²) in [5.74, 6) is -0.776. The quantitative estimate of drug-likeness (QED) is 0.787. The highest BCUT2D eigenvalue weighted by Gasteiger charge is 2.28. The van der Waals surface area contributed by atoms with Crippen LogP contribution in [0.1, 0.15) is 30.1 Å². The summed E-state index contributed by atoms with van der Waals surface area (Å²) in [7, 11) is 2.05. The van der Waals surface area contributed by atoms with Crippen LogP contribution in [0, 0.1) is 5.82 Å². The van der Waals surface area contributed by atoms with Crippen molar-refractivity contribution in [2.75, 3.05) is 26.7 Å². The van der Waals surface area contributed by atoms with Gasteiger partial charge in [0.25, 0.3) is 5.91 Å². The van der Waals surface area contributed by atoms with Crippen molar-refractivity contribution in [3.05, 3.63) is 28.8 Å². The number of halogens is 2. The van der Waals surface area contributed by atoms with E-state index in [2.05, 4.69) is 16.8 Å². The summed E-state index contributed by atoms with van der Waals surface area (Å²) >= 11 is 5.93. The summed E-state index contributed by atoms with van der Waals surface area (Å²) in [6.07, 6.45) is 2.78. The SMILES string of the molecule is CCC1CN(C)CCCN1C(=O)c1cc(F)cnc1Cl. The number of carbonyl (C=O) groups excluding carboxylic acids is 1. The summed E-state index contributed by atoms with van der Waals surface area (Å²) in [4.78, 5) is 20.3. The first-order chi connectivity index (χ1) is 9.52. The van der Waals surface area contributed by atoms with Gasteiger partial charge in [0.1, 0.15) is 11.0 Å². The molecule has 0 aromatic carbocycles. The number of nitrogens with zero attached hydrogens (tertiary/aromatic N) is 3. The molecule has 0 radical (unpaired) electrons. The number of amides is 1. The Kier molecular flexibility index (Phi) is 4.94. The van der Waals surface area contributed by atoms with Gasteiger partial charge in [-0.1, -0.05) is 18.5 Å². The molecule has 1 aromatic heterocycles. The molecular weight excluding hydrogens is 281 g/mol. The molecule has 0 saturated carbocycles. The van der Waals surface area contributed by atoms with Gasteiger partial charge >= 0.3 is 0 Å². The van der Waals surface area contributed by atoms with Gasteiger partial charge in [-0.2, -0.15) is 0 Å². The van der Waals surface area contributed by atoms with E-state index in [0.717, 1.165) is 32.1 Å². The highest BCUT2D eigenvalue weighted by Crippen LogP contribution is 2.20. The van der Waals surface area contributed by atoms with Crippen molar-refractivity contribution in [2.24, 2.45) is 0 Å². The van der Waals surface area contributed by atoms with Gasteiger partial charge in [0.05, 0.1) is 11.8 Å². The van der Waals surface area contributed by atoms with Crippen molar-refractivity contribution < 1.29 is 9.18 Å². The number of aromatic nitrogens is 1. The molecule has 1 aliphatic rings. The van der Waals surface area contributed by atoms with E-state index < -0.39 is 5.82 Å². The summed E-state index contributed by atoms with van der Waals surface area (Å²) in [5, 5.41) is 0.0591. The number of hydrogen-bond acceptors (Lipinski definition) is 3. The minimum atomic E-state index is -0.544. The van der Waals surface area contributed by atoms with Gasteiger partial charge < -0.3 is 9.80 Å². The molecule has 1 amide bonds. The lowest BCUT2D eigenvalue weighted by atomic mass is 10.1. The second-order valence-corrected chi connectivity index (χ2v) is 5.53. The molecule has 1 aliphatic heterocycles. The molecule has 0 N–H and O–H groups in total. The predicted molar refractivity (Wildman–Crippen MR) is 76.4 cm³/mol. The number of carbonyl (C=O) groups is 1. The zero-order valence-corrected chi connectivity index (χ0v) is 12.5. The van der Waals surface area contributed by atoms with Gasteiger partial charge in [0.2, 0.25) is 0 Å². The van der Waals surface area contributed by atoms with Crippen molar-refractivity contribution in [1.82, 2.24) is 14.8 Å². The molecular formula is C14H19ClFN3O. The molecule has 4 nitrogen and oxygen atoms in total. The van der Waals surface area contributed by atoms with E-state index in [1.165, 1.54) is 6.07 Å². The molecule has 20 heavy (non-hydrogen) atoms. The maximum Gasteiger partial charge on any atom is 0.257 e. The molecule has 110 valence electrons. The fourth-order valence-electron chi connectivity index (χ4n) is 2.59. The Bertz CT molecular complexity index is 497. The van der Waals surface area contributed by atoms with E-state index >= 15 is 0 Å². The number of pyridine rings is 1. The Morgan fingerprint density at radius 3 is 3.00 bits per heavy atom. The summed E-state index contributed by atoms with van der Waals surface area (Å²) < 4.78 is 13.3. The van der Waals surface area contributed by atoms with E-state index in [1.807, 2.05) is 7.05 Å². The second kappa shape index (κ2) is 6.50. The zero-order valence-electron chi connectivity index (χ0n) is 11.8. The lowest BCUT2D eigenvalue weighted by Gasteiger charge is -2.30. The lowest BCUT2D eigenvalue weighted by molar-refractivity contribution is 0.0675. The van der Waals surface area contributed by atoms with Crippen LogP contribution >= 0.6 is 11.6 Å². The van der Waals surface area contributed by atoms with Gasteiger partial charge in [0, 0.05) is 19.1 Å². The maximum atomic E-state index is 13.3. The van der Waals surface area contributed by atoms with Crippen LogP contribution in [0.15, 0.2) is 12.3 Å². The highest BCUT2D eigenvalue weighted by atomic mass is 35.5. The van der Waals surface area contributed by atoms with E-state index in [0.29, 0.717) is 6.54 Å². The summed E-state index contributed by atoms with van der Waals surface area (Å²) in [6, 6.07) is 1.29. The third-order valence-electron chi connectivity index (χ3n) is 3.67. The van der Waals surface area contributed by atoms with Gasteiger partial charge in [-0.3, -0.25) is 4.79 Å². The zero-order chi connectivity index (χ0) is 14.7. The molecule has 1 saturated heterocycles.